The normalized spacial score (nSPS) is 4.00. The highest BCUT2D eigenvalue weighted by Crippen LogP contribution is 1.81. The van der Waals surface area contributed by atoms with Crippen LogP contribution < -0.4 is 0 Å². The largest absolute Gasteiger partial charge is 0.106 e. The van der Waals surface area contributed by atoms with Crippen molar-refractivity contribution in [1.82, 2.24) is 0 Å². The van der Waals surface area contributed by atoms with Crippen molar-refractivity contribution in [3.05, 3.63) is 13.2 Å². The van der Waals surface area contributed by atoms with Gasteiger partial charge >= 0.3 is 0 Å². The van der Waals surface area contributed by atoms with Crippen LogP contribution in [0.5, 0.6) is 0 Å². The molecule has 0 saturated carbocycles. The molecule has 0 heterocycles. The van der Waals surface area contributed by atoms with Gasteiger partial charge in [0.15, 0.2) is 0 Å². The molecule has 0 aromatic rings. The molecule has 150 valence electrons. The van der Waals surface area contributed by atoms with E-state index in [1.165, 1.54) is 0 Å². The van der Waals surface area contributed by atoms with Crippen molar-refractivity contribution in [2.75, 3.05) is 0 Å². The molecule has 0 heteroatoms. The van der Waals surface area contributed by atoms with E-state index in [4.69, 9.17) is 0 Å². The summed E-state index contributed by atoms with van der Waals surface area (Å²) in [5, 5.41) is 0. The monoisotopic (exact) mass is 326 g/mol. The lowest BCUT2D eigenvalue weighted by Crippen LogP contribution is -1.66. The van der Waals surface area contributed by atoms with Crippen LogP contribution in [-0.2, 0) is 0 Å². The van der Waals surface area contributed by atoms with E-state index in [-0.39, 0.29) is 0 Å². The molecular formula is C22H62. The summed E-state index contributed by atoms with van der Waals surface area (Å²) in [5.41, 5.74) is 0. The fourth-order valence-electron chi connectivity index (χ4n) is 0. The van der Waals surface area contributed by atoms with Crippen molar-refractivity contribution in [2.24, 2.45) is 5.92 Å². The van der Waals surface area contributed by atoms with E-state index in [1.807, 2.05) is 111 Å². The molecule has 0 unspecified atom stereocenters. The van der Waals surface area contributed by atoms with E-state index in [9.17, 15) is 0 Å². The minimum absolute atomic E-state index is 0.833. The number of hydrogen-bond acceptors (Lipinski definition) is 0. The van der Waals surface area contributed by atoms with Crippen LogP contribution in [0.2, 0.25) is 0 Å². The van der Waals surface area contributed by atoms with Gasteiger partial charge in [0.25, 0.3) is 0 Å². The Morgan fingerprint density at radius 2 is 0.318 bits per heavy atom. The zero-order valence-electron chi connectivity index (χ0n) is 21.0. The van der Waals surface area contributed by atoms with Crippen LogP contribution in [-0.4, -0.2) is 0 Å². The predicted molar refractivity (Wildman–Crippen MR) is 123 cm³/mol. The van der Waals surface area contributed by atoms with Gasteiger partial charge in [-0.05, 0) is 5.92 Å². The number of hydrogen-bond donors (Lipinski definition) is 0. The topological polar surface area (TPSA) is 0 Å². The smallest absolute Gasteiger partial charge is 0.0500 e. The molecule has 0 spiro atoms. The Hall–Kier alpha value is -0.260. The van der Waals surface area contributed by atoms with Gasteiger partial charge in [0.1, 0.15) is 0 Å². The van der Waals surface area contributed by atoms with Crippen molar-refractivity contribution in [3.8, 4) is 0 Å². The fourth-order valence-corrected chi connectivity index (χ4v) is 0. The summed E-state index contributed by atoms with van der Waals surface area (Å²) >= 11 is 0. The van der Waals surface area contributed by atoms with Gasteiger partial charge in [0.2, 0.25) is 0 Å². The standard InChI is InChI=1S/C4H10.8C2H6.C2H4/c1-4(2)3;9*1-2/h4H,1-3H3;8*1-2H3;1-2H2. The number of rotatable bonds is 0. The van der Waals surface area contributed by atoms with E-state index in [1.54, 1.807) is 0 Å². The molecule has 0 aromatic carbocycles. The second-order valence-electron chi connectivity index (χ2n) is 1.73. The van der Waals surface area contributed by atoms with Crippen LogP contribution in [0.25, 0.3) is 0 Å². The lowest BCUT2D eigenvalue weighted by atomic mass is 10.3. The lowest BCUT2D eigenvalue weighted by Gasteiger charge is -1.79. The van der Waals surface area contributed by atoms with Gasteiger partial charge in [-0.2, -0.15) is 0 Å². The maximum absolute atomic E-state index is 3.00. The summed E-state index contributed by atoms with van der Waals surface area (Å²) in [6.45, 7) is 44.5. The molecule has 0 bridgehead atoms. The second kappa shape index (κ2) is 1080. The molecule has 0 aliphatic rings. The van der Waals surface area contributed by atoms with Crippen molar-refractivity contribution in [1.29, 1.82) is 0 Å². The zero-order valence-corrected chi connectivity index (χ0v) is 21.0. The Kier molecular flexibility index (Phi) is 3320. The van der Waals surface area contributed by atoms with Gasteiger partial charge in [-0.1, -0.05) is 132 Å². The minimum Gasteiger partial charge on any atom is -0.106 e. The summed E-state index contributed by atoms with van der Waals surface area (Å²) in [6.07, 6.45) is 0. The van der Waals surface area contributed by atoms with Gasteiger partial charge in [0.05, 0.1) is 0 Å². The van der Waals surface area contributed by atoms with Crippen molar-refractivity contribution < 1.29 is 0 Å². The van der Waals surface area contributed by atoms with Crippen molar-refractivity contribution in [3.63, 3.8) is 0 Å². The molecule has 0 atom stereocenters. The molecule has 0 aliphatic heterocycles. The van der Waals surface area contributed by atoms with Crippen molar-refractivity contribution >= 4 is 0 Å². The van der Waals surface area contributed by atoms with Crippen LogP contribution in [0.3, 0.4) is 0 Å². The molecule has 0 aliphatic carbocycles. The summed E-state index contributed by atoms with van der Waals surface area (Å²) in [5.74, 6) is 0.833. The highest BCUT2D eigenvalue weighted by molar-refractivity contribution is 4.22. The molecule has 0 saturated heterocycles. The van der Waals surface area contributed by atoms with Crippen LogP contribution >= 0.6 is 0 Å². The molecular weight excluding hydrogens is 264 g/mol. The highest BCUT2D eigenvalue weighted by atomic mass is 13.7. The summed E-state index contributed by atoms with van der Waals surface area (Å²) in [6, 6.07) is 0. The average molecular weight is 327 g/mol. The van der Waals surface area contributed by atoms with E-state index in [0.29, 0.717) is 0 Å². The first-order valence-electron chi connectivity index (χ1n) is 10.2. The average Bonchev–Trinajstić information content (AvgIpc) is 2.69. The Morgan fingerprint density at radius 3 is 0.318 bits per heavy atom. The first-order chi connectivity index (χ1) is 10.7. The first kappa shape index (κ1) is 67.8. The zero-order chi connectivity index (χ0) is 21.6. The maximum atomic E-state index is 3.00. The molecule has 0 nitrogen and oxygen atoms in total. The third-order valence-electron chi connectivity index (χ3n) is 0. The van der Waals surface area contributed by atoms with E-state index in [0.717, 1.165) is 5.92 Å². The Balaban J connectivity index is -0.00000000925. The van der Waals surface area contributed by atoms with E-state index >= 15 is 0 Å². The van der Waals surface area contributed by atoms with E-state index < -0.39 is 0 Å². The minimum atomic E-state index is 0.833. The highest BCUT2D eigenvalue weighted by Gasteiger charge is 1.68. The quantitative estimate of drug-likeness (QED) is 0.388. The fraction of sp³-hybridized carbons (Fsp3) is 0.909. The van der Waals surface area contributed by atoms with E-state index in [2.05, 4.69) is 33.9 Å². The van der Waals surface area contributed by atoms with Gasteiger partial charge in [0, 0.05) is 0 Å². The Morgan fingerprint density at radius 1 is 0.318 bits per heavy atom. The van der Waals surface area contributed by atoms with Crippen LogP contribution in [0.1, 0.15) is 132 Å². The second-order valence-corrected chi connectivity index (χ2v) is 1.73. The summed E-state index contributed by atoms with van der Waals surface area (Å²) in [4.78, 5) is 0. The lowest BCUT2D eigenvalue weighted by molar-refractivity contribution is 0.737. The van der Waals surface area contributed by atoms with Gasteiger partial charge in [-0.15, -0.1) is 13.2 Å². The molecule has 0 amide bonds. The van der Waals surface area contributed by atoms with Crippen LogP contribution in [0.4, 0.5) is 0 Å². The maximum Gasteiger partial charge on any atom is -0.0500 e. The molecule has 0 N–H and O–H groups in total. The van der Waals surface area contributed by atoms with Gasteiger partial charge in [-0.3, -0.25) is 0 Å². The molecule has 0 rings (SSSR count). The van der Waals surface area contributed by atoms with Crippen LogP contribution in [0.15, 0.2) is 13.2 Å². The Bertz CT molecular complexity index is 11.2. The summed E-state index contributed by atoms with van der Waals surface area (Å²) < 4.78 is 0. The molecule has 0 radical (unpaired) electrons. The molecule has 0 fully saturated rings. The Labute approximate surface area is 151 Å². The van der Waals surface area contributed by atoms with Crippen LogP contribution in [0, 0.1) is 5.92 Å². The third-order valence-corrected chi connectivity index (χ3v) is 0. The SMILES string of the molecule is C=C.CC.CC.CC.CC.CC.CC.CC.CC.CC(C)C. The van der Waals surface area contributed by atoms with Crippen molar-refractivity contribution in [2.45, 2.75) is 132 Å². The first-order valence-corrected chi connectivity index (χ1v) is 10.2. The molecule has 22 heavy (non-hydrogen) atoms. The third kappa shape index (κ3) is 103000. The predicted octanol–water partition coefficient (Wildman–Crippen LogP) is 10.7. The molecule has 0 aromatic heterocycles. The van der Waals surface area contributed by atoms with Gasteiger partial charge < -0.3 is 0 Å². The summed E-state index contributed by atoms with van der Waals surface area (Å²) in [7, 11) is 0. The van der Waals surface area contributed by atoms with Gasteiger partial charge in [-0.25, -0.2) is 0 Å².